The molecule has 1 aliphatic rings. The first-order chi connectivity index (χ1) is 13.9. The maximum atomic E-state index is 13.9. The first-order valence-corrected chi connectivity index (χ1v) is 9.19. The number of aromatic nitrogens is 2. The quantitative estimate of drug-likeness (QED) is 0.739. The van der Waals surface area contributed by atoms with Gasteiger partial charge in [-0.2, -0.15) is 10.5 Å². The maximum Gasteiger partial charge on any atom is 0.266 e. The van der Waals surface area contributed by atoms with E-state index in [1.807, 2.05) is 22.8 Å². The van der Waals surface area contributed by atoms with Crippen molar-refractivity contribution in [3.63, 3.8) is 0 Å². The number of benzene rings is 2. The molecule has 29 heavy (non-hydrogen) atoms. The van der Waals surface area contributed by atoms with E-state index in [1.165, 1.54) is 0 Å². The van der Waals surface area contributed by atoms with Crippen molar-refractivity contribution in [3.05, 3.63) is 59.2 Å². The van der Waals surface area contributed by atoms with E-state index in [0.29, 0.717) is 29.1 Å². The van der Waals surface area contributed by atoms with Gasteiger partial charge in [0.2, 0.25) is 5.95 Å². The molecule has 4 rings (SSSR count). The monoisotopic (exact) mass is 392 g/mol. The minimum absolute atomic E-state index is 0.00516. The molecule has 1 aromatic heterocycles. The molecule has 1 saturated heterocycles. The van der Waals surface area contributed by atoms with Crippen LogP contribution < -0.4 is 10.6 Å². The van der Waals surface area contributed by atoms with Crippen molar-refractivity contribution in [1.82, 2.24) is 9.55 Å². The highest BCUT2D eigenvalue weighted by molar-refractivity contribution is 5.80. The van der Waals surface area contributed by atoms with Gasteiger partial charge in [-0.05, 0) is 35.9 Å². The number of hydrogen-bond donors (Lipinski definition) is 1. The number of hydrogen-bond acceptors (Lipinski definition) is 5. The van der Waals surface area contributed by atoms with Crippen molar-refractivity contribution >= 4 is 17.0 Å². The van der Waals surface area contributed by atoms with Gasteiger partial charge in [0.05, 0.1) is 46.9 Å². The smallest absolute Gasteiger partial charge is 0.266 e. The van der Waals surface area contributed by atoms with Crippen LogP contribution in [0.3, 0.4) is 0 Å². The van der Waals surface area contributed by atoms with Crippen LogP contribution >= 0.6 is 0 Å². The molecule has 1 aliphatic heterocycles. The highest BCUT2D eigenvalue weighted by Gasteiger charge is 2.42. The second-order valence-corrected chi connectivity index (χ2v) is 7.19. The van der Waals surface area contributed by atoms with E-state index in [0.717, 1.165) is 11.1 Å². The number of fused-ring (bicyclic) bond motifs is 1. The van der Waals surface area contributed by atoms with Gasteiger partial charge >= 0.3 is 0 Å². The predicted molar refractivity (Wildman–Crippen MR) is 104 cm³/mol. The summed E-state index contributed by atoms with van der Waals surface area (Å²) in [6.45, 7) is 0.586. The molecule has 1 atom stereocenters. The van der Waals surface area contributed by atoms with Crippen LogP contribution in [0.1, 0.15) is 23.1 Å². The van der Waals surface area contributed by atoms with E-state index < -0.39 is 12.0 Å². The number of halogens is 2. The van der Waals surface area contributed by atoms with Crippen LogP contribution in [0.5, 0.6) is 0 Å². The number of anilines is 1. The second-order valence-electron chi connectivity index (χ2n) is 7.19. The van der Waals surface area contributed by atoms with E-state index >= 15 is 0 Å². The zero-order chi connectivity index (χ0) is 20.6. The molecular weight excluding hydrogens is 374 g/mol. The van der Waals surface area contributed by atoms with E-state index in [4.69, 9.17) is 11.0 Å². The summed E-state index contributed by atoms with van der Waals surface area (Å²) in [5.74, 6) is -2.35. The summed E-state index contributed by atoms with van der Waals surface area (Å²) < 4.78 is 29.7. The van der Waals surface area contributed by atoms with Crippen LogP contribution in [0.25, 0.3) is 11.0 Å². The van der Waals surface area contributed by atoms with Crippen molar-refractivity contribution in [1.29, 1.82) is 10.5 Å². The largest absolute Gasteiger partial charge is 0.340 e. The van der Waals surface area contributed by atoms with Crippen molar-refractivity contribution < 1.29 is 8.78 Å². The summed E-state index contributed by atoms with van der Waals surface area (Å²) in [5.41, 5.74) is 9.12. The Morgan fingerprint density at radius 3 is 2.45 bits per heavy atom. The number of piperidine rings is 1. The summed E-state index contributed by atoms with van der Waals surface area (Å²) in [6, 6.07) is 15.3. The fourth-order valence-corrected chi connectivity index (χ4v) is 3.56. The third-order valence-electron chi connectivity index (χ3n) is 5.24. The van der Waals surface area contributed by atoms with Crippen LogP contribution in [0, 0.1) is 22.7 Å². The molecule has 146 valence electrons. The Morgan fingerprint density at radius 1 is 1.10 bits per heavy atom. The van der Waals surface area contributed by atoms with Gasteiger partial charge in [0.15, 0.2) is 0 Å². The molecule has 3 aromatic rings. The lowest BCUT2D eigenvalue weighted by atomic mass is 10.0. The molecule has 8 heteroatoms. The summed E-state index contributed by atoms with van der Waals surface area (Å²) in [6.07, 6.45) is -0.336. The van der Waals surface area contributed by atoms with Crippen LogP contribution in [-0.4, -0.2) is 34.6 Å². The van der Waals surface area contributed by atoms with Crippen molar-refractivity contribution in [2.45, 2.75) is 24.9 Å². The molecule has 0 unspecified atom stereocenters. The predicted octanol–water partition coefficient (Wildman–Crippen LogP) is 3.00. The fraction of sp³-hybridized carbons (Fsp3) is 0.286. The molecule has 0 amide bonds. The molecule has 2 N–H and O–H groups in total. The lowest BCUT2D eigenvalue weighted by Crippen LogP contribution is -2.55. The average Bonchev–Trinajstić information content (AvgIpc) is 3.08. The molecule has 0 bridgehead atoms. The Kier molecular flexibility index (Phi) is 4.65. The SMILES string of the molecule is N#Cc1ccc(Cn2c(N3CCC(F)(F)[C@H](N)C3)nc3cc(C#N)ccc32)cc1. The van der Waals surface area contributed by atoms with Gasteiger partial charge in [-0.15, -0.1) is 0 Å². The Morgan fingerprint density at radius 2 is 1.79 bits per heavy atom. The topological polar surface area (TPSA) is 94.7 Å². The number of alkyl halides is 2. The van der Waals surface area contributed by atoms with Crippen molar-refractivity contribution in [3.8, 4) is 12.1 Å². The summed E-state index contributed by atoms with van der Waals surface area (Å²) >= 11 is 0. The fourth-order valence-electron chi connectivity index (χ4n) is 3.56. The molecule has 2 aromatic carbocycles. The molecule has 1 fully saturated rings. The number of nitrogens with two attached hydrogens (primary N) is 1. The Bertz CT molecular complexity index is 1140. The molecule has 2 heterocycles. The van der Waals surface area contributed by atoms with E-state index in [9.17, 15) is 14.0 Å². The summed E-state index contributed by atoms with van der Waals surface area (Å²) in [5, 5.41) is 18.2. The summed E-state index contributed by atoms with van der Waals surface area (Å²) in [4.78, 5) is 6.42. The molecule has 0 saturated carbocycles. The standard InChI is InChI=1S/C21H18F2N6/c22-21(23)7-8-28(13-19(21)26)20-27-17-9-16(11-25)5-6-18(17)29(20)12-15-3-1-14(10-24)2-4-15/h1-6,9,19H,7-8,12-13,26H2/t19-/m1/s1. The molecular formula is C21H18F2N6. The van der Waals surface area contributed by atoms with E-state index in [1.54, 1.807) is 29.2 Å². The normalized spacial score (nSPS) is 18.4. The van der Waals surface area contributed by atoms with Crippen LogP contribution in [0.2, 0.25) is 0 Å². The lowest BCUT2D eigenvalue weighted by Gasteiger charge is -2.37. The van der Waals surface area contributed by atoms with Gasteiger partial charge < -0.3 is 15.2 Å². The number of nitrogens with zero attached hydrogens (tertiary/aromatic N) is 5. The first kappa shape index (κ1) is 18.9. The van der Waals surface area contributed by atoms with Crippen molar-refractivity contribution in [2.24, 2.45) is 5.73 Å². The molecule has 0 aliphatic carbocycles. The third-order valence-corrected chi connectivity index (χ3v) is 5.24. The number of imidazole rings is 1. The maximum absolute atomic E-state index is 13.9. The Hall–Kier alpha value is -3.49. The summed E-state index contributed by atoms with van der Waals surface area (Å²) in [7, 11) is 0. The van der Waals surface area contributed by atoms with E-state index in [2.05, 4.69) is 17.1 Å². The van der Waals surface area contributed by atoms with Gasteiger partial charge in [-0.3, -0.25) is 0 Å². The average molecular weight is 392 g/mol. The zero-order valence-corrected chi connectivity index (χ0v) is 15.5. The van der Waals surface area contributed by atoms with Crippen LogP contribution in [0.15, 0.2) is 42.5 Å². The van der Waals surface area contributed by atoms with Gasteiger partial charge in [0.1, 0.15) is 0 Å². The van der Waals surface area contributed by atoms with Crippen LogP contribution in [-0.2, 0) is 6.54 Å². The third kappa shape index (κ3) is 3.51. The highest BCUT2D eigenvalue weighted by atomic mass is 19.3. The van der Waals surface area contributed by atoms with Gasteiger partial charge in [0, 0.05) is 19.5 Å². The van der Waals surface area contributed by atoms with Gasteiger partial charge in [-0.1, -0.05) is 12.1 Å². The molecule has 0 spiro atoms. The minimum Gasteiger partial charge on any atom is -0.340 e. The highest BCUT2D eigenvalue weighted by Crippen LogP contribution is 2.32. The minimum atomic E-state index is -2.89. The lowest BCUT2D eigenvalue weighted by molar-refractivity contribution is -0.0395. The number of nitriles is 2. The Balaban J connectivity index is 1.77. The second kappa shape index (κ2) is 7.16. The van der Waals surface area contributed by atoms with E-state index in [-0.39, 0.29) is 19.5 Å². The number of rotatable bonds is 3. The Labute approximate surface area is 166 Å². The first-order valence-electron chi connectivity index (χ1n) is 9.19. The molecule has 0 radical (unpaired) electrons. The van der Waals surface area contributed by atoms with Crippen LogP contribution in [0.4, 0.5) is 14.7 Å². The zero-order valence-electron chi connectivity index (χ0n) is 15.5. The molecule has 6 nitrogen and oxygen atoms in total. The van der Waals surface area contributed by atoms with Crippen molar-refractivity contribution in [2.75, 3.05) is 18.0 Å². The van der Waals surface area contributed by atoms with Gasteiger partial charge in [0.25, 0.3) is 5.92 Å². The van der Waals surface area contributed by atoms with Gasteiger partial charge in [-0.25, -0.2) is 13.8 Å².